The van der Waals surface area contributed by atoms with E-state index in [4.69, 9.17) is 4.74 Å². The number of methoxy groups -OCH3 is 1. The van der Waals surface area contributed by atoms with Gasteiger partial charge in [0, 0.05) is 11.6 Å². The van der Waals surface area contributed by atoms with Crippen LogP contribution in [0.1, 0.15) is 13.8 Å². The number of ether oxygens (including phenoxy) is 1. The minimum Gasteiger partial charge on any atom is -0.481 e. The van der Waals surface area contributed by atoms with Crippen LogP contribution in [0.15, 0.2) is 30.5 Å². The highest BCUT2D eigenvalue weighted by atomic mass is 19.1. The average Bonchev–Trinajstić information content (AvgIpc) is 2.31. The number of hydrogen-bond acceptors (Lipinski definition) is 2. The summed E-state index contributed by atoms with van der Waals surface area (Å²) in [4.78, 5) is 3.98. The molecule has 0 bridgehead atoms. The first-order valence-corrected chi connectivity index (χ1v) is 4.89. The lowest BCUT2D eigenvalue weighted by Gasteiger charge is -2.02. The van der Waals surface area contributed by atoms with Crippen LogP contribution < -0.4 is 4.74 Å². The van der Waals surface area contributed by atoms with Gasteiger partial charge in [-0.05, 0) is 23.6 Å². The van der Waals surface area contributed by atoms with E-state index in [2.05, 4.69) is 4.98 Å². The SMILES string of the molecule is CC.COc1nccc2ccc(F)cc12. The van der Waals surface area contributed by atoms with Crippen LogP contribution in [0.2, 0.25) is 0 Å². The van der Waals surface area contributed by atoms with Crippen LogP contribution in [-0.2, 0) is 0 Å². The molecule has 0 aliphatic carbocycles. The second kappa shape index (κ2) is 5.29. The van der Waals surface area contributed by atoms with Gasteiger partial charge in [0.05, 0.1) is 7.11 Å². The maximum atomic E-state index is 12.9. The lowest BCUT2D eigenvalue weighted by Crippen LogP contribution is -1.88. The second-order valence-electron chi connectivity index (χ2n) is 2.69. The largest absolute Gasteiger partial charge is 0.481 e. The molecular formula is C12H14FNO. The summed E-state index contributed by atoms with van der Waals surface area (Å²) in [5, 5.41) is 1.62. The van der Waals surface area contributed by atoms with Crippen LogP contribution in [0.5, 0.6) is 5.88 Å². The second-order valence-corrected chi connectivity index (χ2v) is 2.69. The zero-order valence-electron chi connectivity index (χ0n) is 9.12. The van der Waals surface area contributed by atoms with Crippen molar-refractivity contribution in [1.82, 2.24) is 4.98 Å². The van der Waals surface area contributed by atoms with E-state index < -0.39 is 0 Å². The van der Waals surface area contributed by atoms with E-state index in [1.807, 2.05) is 19.9 Å². The highest BCUT2D eigenvalue weighted by Gasteiger charge is 2.02. The minimum absolute atomic E-state index is 0.279. The predicted molar refractivity (Wildman–Crippen MR) is 59.6 cm³/mol. The van der Waals surface area contributed by atoms with Crippen molar-refractivity contribution >= 4 is 10.8 Å². The fourth-order valence-corrected chi connectivity index (χ4v) is 1.28. The molecule has 0 amide bonds. The third-order valence-corrected chi connectivity index (χ3v) is 1.88. The van der Waals surface area contributed by atoms with Crippen molar-refractivity contribution in [3.63, 3.8) is 0 Å². The molecule has 0 atom stereocenters. The Bertz CT molecular complexity index is 443. The van der Waals surface area contributed by atoms with E-state index in [-0.39, 0.29) is 5.82 Å². The van der Waals surface area contributed by atoms with Gasteiger partial charge >= 0.3 is 0 Å². The van der Waals surface area contributed by atoms with Crippen molar-refractivity contribution in [3.05, 3.63) is 36.3 Å². The smallest absolute Gasteiger partial charge is 0.221 e. The van der Waals surface area contributed by atoms with Crippen LogP contribution >= 0.6 is 0 Å². The summed E-state index contributed by atoms with van der Waals surface area (Å²) in [5.41, 5.74) is 0. The topological polar surface area (TPSA) is 22.1 Å². The Morgan fingerprint density at radius 2 is 1.93 bits per heavy atom. The molecule has 0 radical (unpaired) electrons. The molecule has 3 heteroatoms. The first-order valence-electron chi connectivity index (χ1n) is 4.89. The number of fused-ring (bicyclic) bond motifs is 1. The summed E-state index contributed by atoms with van der Waals surface area (Å²) in [6.07, 6.45) is 1.64. The van der Waals surface area contributed by atoms with Gasteiger partial charge in [0.2, 0.25) is 5.88 Å². The molecule has 80 valence electrons. The fraction of sp³-hybridized carbons (Fsp3) is 0.250. The van der Waals surface area contributed by atoms with Crippen molar-refractivity contribution < 1.29 is 9.13 Å². The molecule has 1 aromatic heterocycles. The number of nitrogens with zero attached hydrogens (tertiary/aromatic N) is 1. The van der Waals surface area contributed by atoms with Crippen molar-refractivity contribution in [2.75, 3.05) is 7.11 Å². The summed E-state index contributed by atoms with van der Waals surface area (Å²) in [7, 11) is 1.52. The van der Waals surface area contributed by atoms with Crippen molar-refractivity contribution in [2.24, 2.45) is 0 Å². The summed E-state index contributed by atoms with van der Waals surface area (Å²) < 4.78 is 17.9. The number of pyridine rings is 1. The van der Waals surface area contributed by atoms with E-state index in [0.29, 0.717) is 11.3 Å². The molecule has 0 unspecified atom stereocenters. The van der Waals surface area contributed by atoms with E-state index in [0.717, 1.165) is 5.39 Å². The number of rotatable bonds is 1. The minimum atomic E-state index is -0.279. The van der Waals surface area contributed by atoms with Crippen molar-refractivity contribution in [1.29, 1.82) is 0 Å². The standard InChI is InChI=1S/C10H8FNO.C2H6/c1-13-10-9-6-8(11)3-2-7(9)4-5-12-10;1-2/h2-6H,1H3;1-2H3. The predicted octanol–water partition coefficient (Wildman–Crippen LogP) is 3.41. The molecule has 0 aliphatic heterocycles. The summed E-state index contributed by atoms with van der Waals surface area (Å²) in [6, 6.07) is 6.36. The molecule has 0 N–H and O–H groups in total. The van der Waals surface area contributed by atoms with Gasteiger partial charge in [0.1, 0.15) is 5.82 Å². The molecular weight excluding hydrogens is 193 g/mol. The highest BCUT2D eigenvalue weighted by Crippen LogP contribution is 2.22. The molecule has 2 aromatic rings. The Kier molecular flexibility index (Phi) is 4.03. The van der Waals surface area contributed by atoms with Crippen molar-refractivity contribution in [2.45, 2.75) is 13.8 Å². The van der Waals surface area contributed by atoms with Gasteiger partial charge in [-0.1, -0.05) is 19.9 Å². The number of halogens is 1. The molecule has 0 fully saturated rings. The van der Waals surface area contributed by atoms with Gasteiger partial charge in [0.25, 0.3) is 0 Å². The summed E-state index contributed by atoms with van der Waals surface area (Å²) in [5.74, 6) is 0.177. The summed E-state index contributed by atoms with van der Waals surface area (Å²) >= 11 is 0. The maximum absolute atomic E-state index is 12.9. The number of benzene rings is 1. The van der Waals surface area contributed by atoms with Crippen LogP contribution in [0, 0.1) is 5.82 Å². The highest BCUT2D eigenvalue weighted by molar-refractivity contribution is 5.86. The van der Waals surface area contributed by atoms with E-state index in [1.54, 1.807) is 12.3 Å². The zero-order valence-corrected chi connectivity index (χ0v) is 9.12. The molecule has 1 heterocycles. The lowest BCUT2D eigenvalue weighted by atomic mass is 10.2. The monoisotopic (exact) mass is 207 g/mol. The Morgan fingerprint density at radius 3 is 2.60 bits per heavy atom. The molecule has 0 saturated carbocycles. The van der Waals surface area contributed by atoms with Crippen molar-refractivity contribution in [3.8, 4) is 5.88 Å². The lowest BCUT2D eigenvalue weighted by molar-refractivity contribution is 0.403. The molecule has 0 aliphatic rings. The van der Waals surface area contributed by atoms with E-state index >= 15 is 0 Å². The molecule has 2 nitrogen and oxygen atoms in total. The van der Waals surface area contributed by atoms with E-state index in [9.17, 15) is 4.39 Å². The van der Waals surface area contributed by atoms with Gasteiger partial charge in [-0.15, -0.1) is 0 Å². The normalized spacial score (nSPS) is 9.33. The van der Waals surface area contributed by atoms with Crippen LogP contribution in [0.25, 0.3) is 10.8 Å². The van der Waals surface area contributed by atoms with Crippen LogP contribution in [0.3, 0.4) is 0 Å². The molecule has 0 spiro atoms. The molecule has 15 heavy (non-hydrogen) atoms. The zero-order chi connectivity index (χ0) is 11.3. The van der Waals surface area contributed by atoms with E-state index in [1.165, 1.54) is 19.2 Å². The van der Waals surface area contributed by atoms with Gasteiger partial charge in [-0.25, -0.2) is 9.37 Å². The van der Waals surface area contributed by atoms with Gasteiger partial charge in [-0.2, -0.15) is 0 Å². The first kappa shape index (κ1) is 11.4. The average molecular weight is 207 g/mol. The van der Waals surface area contributed by atoms with Gasteiger partial charge in [0.15, 0.2) is 0 Å². The number of aromatic nitrogens is 1. The van der Waals surface area contributed by atoms with Crippen LogP contribution in [-0.4, -0.2) is 12.1 Å². The third-order valence-electron chi connectivity index (χ3n) is 1.88. The first-order chi connectivity index (χ1) is 7.31. The van der Waals surface area contributed by atoms with Gasteiger partial charge in [-0.3, -0.25) is 0 Å². The number of hydrogen-bond donors (Lipinski definition) is 0. The maximum Gasteiger partial charge on any atom is 0.221 e. The van der Waals surface area contributed by atoms with Crippen LogP contribution in [0.4, 0.5) is 4.39 Å². The Balaban J connectivity index is 0.000000531. The molecule has 0 saturated heterocycles. The Hall–Kier alpha value is -1.64. The summed E-state index contributed by atoms with van der Waals surface area (Å²) in [6.45, 7) is 4.00. The Labute approximate surface area is 88.7 Å². The van der Waals surface area contributed by atoms with Gasteiger partial charge < -0.3 is 4.74 Å². The molecule has 1 aromatic carbocycles. The Morgan fingerprint density at radius 1 is 1.20 bits per heavy atom. The third kappa shape index (κ3) is 2.43. The fourth-order valence-electron chi connectivity index (χ4n) is 1.28. The molecule has 2 rings (SSSR count). The quantitative estimate of drug-likeness (QED) is 0.714.